The molecular weight excluding hydrogens is 112 g/mol. The first-order valence-corrected chi connectivity index (χ1v) is 2.21. The molecule has 0 bridgehead atoms. The average Bonchev–Trinajstić information content (AvgIpc) is 1.87. The van der Waals surface area contributed by atoms with Gasteiger partial charge in [0.2, 0.25) is 0 Å². The minimum Gasteiger partial charge on any atom is -0.481 e. The van der Waals surface area contributed by atoms with Gasteiger partial charge in [-0.05, 0) is 6.07 Å². The molecule has 0 fully saturated rings. The number of thiol groups is 1. The summed E-state index contributed by atoms with van der Waals surface area (Å²) >= 11 is 3.78. The summed E-state index contributed by atoms with van der Waals surface area (Å²) in [6.07, 6.45) is 0. The topological polar surface area (TPSA) is 33.4 Å². The lowest BCUT2D eigenvalue weighted by Gasteiger charge is -1.74. The third-order valence-corrected chi connectivity index (χ3v) is 0.818. The van der Waals surface area contributed by atoms with Crippen molar-refractivity contribution in [3.8, 4) is 5.95 Å². The Morgan fingerprint density at radius 1 is 1.57 bits per heavy atom. The van der Waals surface area contributed by atoms with Gasteiger partial charge in [0.1, 0.15) is 0 Å². The highest BCUT2D eigenvalue weighted by molar-refractivity contribution is 7.80. The summed E-state index contributed by atoms with van der Waals surface area (Å²) < 4.78 is 4.50. The van der Waals surface area contributed by atoms with Crippen LogP contribution in [0.25, 0.3) is 0 Å². The molecule has 1 aromatic heterocycles. The first-order valence-electron chi connectivity index (χ1n) is 1.77. The van der Waals surface area contributed by atoms with Crippen LogP contribution in [0.5, 0.6) is 5.95 Å². The third kappa shape index (κ3) is 0.899. The zero-order valence-corrected chi connectivity index (χ0v) is 4.35. The molecule has 3 heteroatoms. The van der Waals surface area contributed by atoms with Crippen LogP contribution >= 0.6 is 12.6 Å². The molecule has 0 amide bonds. The molecule has 0 aliphatic carbocycles. The summed E-state index contributed by atoms with van der Waals surface area (Å²) in [5.41, 5.74) is 0. The van der Waals surface area contributed by atoms with Crippen LogP contribution in [0.15, 0.2) is 21.6 Å². The number of hydrogen-bond donors (Lipinski definition) is 2. The third-order valence-electron chi connectivity index (χ3n) is 0.578. The van der Waals surface area contributed by atoms with Gasteiger partial charge in [-0.1, -0.05) is 0 Å². The van der Waals surface area contributed by atoms with Gasteiger partial charge in [0, 0.05) is 6.07 Å². The Bertz CT molecular complexity index is 142. The smallest absolute Gasteiger partial charge is 0.282 e. The molecule has 38 valence electrons. The van der Waals surface area contributed by atoms with Gasteiger partial charge in [0.15, 0.2) is 5.09 Å². The van der Waals surface area contributed by atoms with Crippen LogP contribution < -0.4 is 0 Å². The van der Waals surface area contributed by atoms with Crippen molar-refractivity contribution < 1.29 is 9.52 Å². The van der Waals surface area contributed by atoms with Crippen LogP contribution in [0, 0.1) is 0 Å². The maximum absolute atomic E-state index is 8.44. The fourth-order valence-corrected chi connectivity index (χ4v) is 0.486. The molecule has 0 radical (unpaired) electrons. The van der Waals surface area contributed by atoms with Gasteiger partial charge in [-0.25, -0.2) is 0 Å². The highest BCUT2D eigenvalue weighted by Gasteiger charge is 1.89. The lowest BCUT2D eigenvalue weighted by molar-refractivity contribution is 0.302. The molecule has 0 atom stereocenters. The zero-order valence-electron chi connectivity index (χ0n) is 3.46. The van der Waals surface area contributed by atoms with E-state index in [1.54, 1.807) is 6.07 Å². The monoisotopic (exact) mass is 116 g/mol. The summed E-state index contributed by atoms with van der Waals surface area (Å²) in [6, 6.07) is 3.00. The molecule has 0 aliphatic heterocycles. The van der Waals surface area contributed by atoms with Gasteiger partial charge in [0.25, 0.3) is 5.95 Å². The highest BCUT2D eigenvalue weighted by atomic mass is 32.1. The molecule has 0 aromatic carbocycles. The van der Waals surface area contributed by atoms with E-state index in [4.69, 9.17) is 5.11 Å². The van der Waals surface area contributed by atoms with Crippen molar-refractivity contribution in [2.24, 2.45) is 0 Å². The fraction of sp³-hybridized carbons (Fsp3) is 0. The minimum absolute atomic E-state index is 0.0926. The lowest BCUT2D eigenvalue weighted by atomic mass is 10.7. The molecule has 0 spiro atoms. The van der Waals surface area contributed by atoms with Crippen molar-refractivity contribution in [3.63, 3.8) is 0 Å². The molecule has 0 aliphatic rings. The molecular formula is C4H4O2S. The highest BCUT2D eigenvalue weighted by Crippen LogP contribution is 2.15. The van der Waals surface area contributed by atoms with Gasteiger partial charge in [-0.15, -0.1) is 12.6 Å². The average molecular weight is 116 g/mol. The molecule has 0 saturated carbocycles. The fourth-order valence-electron chi connectivity index (χ4n) is 0.318. The quantitative estimate of drug-likeness (QED) is 0.500. The first kappa shape index (κ1) is 4.59. The van der Waals surface area contributed by atoms with E-state index in [0.717, 1.165) is 0 Å². The molecule has 0 saturated heterocycles. The van der Waals surface area contributed by atoms with Crippen molar-refractivity contribution in [2.45, 2.75) is 5.09 Å². The predicted molar refractivity (Wildman–Crippen MR) is 27.6 cm³/mol. The van der Waals surface area contributed by atoms with Crippen LogP contribution in [0.1, 0.15) is 0 Å². The Morgan fingerprint density at radius 2 is 2.29 bits per heavy atom. The van der Waals surface area contributed by atoms with E-state index in [9.17, 15) is 0 Å². The van der Waals surface area contributed by atoms with E-state index < -0.39 is 0 Å². The summed E-state index contributed by atoms with van der Waals surface area (Å²) in [5.74, 6) is -0.0926. The van der Waals surface area contributed by atoms with Crippen molar-refractivity contribution in [3.05, 3.63) is 12.1 Å². The molecule has 1 aromatic rings. The van der Waals surface area contributed by atoms with Crippen LogP contribution in [-0.2, 0) is 0 Å². The molecule has 0 unspecified atom stereocenters. The largest absolute Gasteiger partial charge is 0.481 e. The maximum Gasteiger partial charge on any atom is 0.282 e. The number of furan rings is 1. The van der Waals surface area contributed by atoms with Gasteiger partial charge >= 0.3 is 0 Å². The second-order valence-corrected chi connectivity index (χ2v) is 1.55. The van der Waals surface area contributed by atoms with Gasteiger partial charge in [-0.3, -0.25) is 0 Å². The van der Waals surface area contributed by atoms with Crippen molar-refractivity contribution >= 4 is 12.6 Å². The van der Waals surface area contributed by atoms with E-state index in [0.29, 0.717) is 5.09 Å². The Hall–Kier alpha value is -0.570. The second-order valence-electron chi connectivity index (χ2n) is 1.11. The summed E-state index contributed by atoms with van der Waals surface area (Å²) in [7, 11) is 0. The number of rotatable bonds is 0. The first-order chi connectivity index (χ1) is 3.29. The Balaban J connectivity index is 3.04. The van der Waals surface area contributed by atoms with Crippen molar-refractivity contribution in [1.82, 2.24) is 0 Å². The van der Waals surface area contributed by atoms with Gasteiger partial charge < -0.3 is 9.52 Å². The van der Waals surface area contributed by atoms with Crippen LogP contribution in [0.4, 0.5) is 0 Å². The Kier molecular flexibility index (Phi) is 0.982. The summed E-state index contributed by atoms with van der Waals surface area (Å²) in [6.45, 7) is 0. The van der Waals surface area contributed by atoms with Crippen molar-refractivity contribution in [2.75, 3.05) is 0 Å². The van der Waals surface area contributed by atoms with E-state index in [-0.39, 0.29) is 5.95 Å². The molecule has 7 heavy (non-hydrogen) atoms. The molecule has 1 heterocycles. The second kappa shape index (κ2) is 1.50. The summed E-state index contributed by atoms with van der Waals surface area (Å²) in [4.78, 5) is 0. The predicted octanol–water partition coefficient (Wildman–Crippen LogP) is 1.27. The number of aromatic hydroxyl groups is 1. The van der Waals surface area contributed by atoms with Gasteiger partial charge in [0.05, 0.1) is 0 Å². The van der Waals surface area contributed by atoms with Crippen LogP contribution in [-0.4, -0.2) is 5.11 Å². The molecule has 1 rings (SSSR count). The maximum atomic E-state index is 8.44. The SMILES string of the molecule is Oc1ccc(S)o1. The van der Waals surface area contributed by atoms with E-state index in [2.05, 4.69) is 17.0 Å². The van der Waals surface area contributed by atoms with E-state index in [1.807, 2.05) is 0 Å². The van der Waals surface area contributed by atoms with Gasteiger partial charge in [-0.2, -0.15) is 0 Å². The summed E-state index contributed by atoms with van der Waals surface area (Å²) in [5, 5.41) is 8.87. The van der Waals surface area contributed by atoms with Crippen LogP contribution in [0.3, 0.4) is 0 Å². The van der Waals surface area contributed by atoms with Crippen LogP contribution in [0.2, 0.25) is 0 Å². The van der Waals surface area contributed by atoms with E-state index in [1.165, 1.54) is 6.07 Å². The number of hydrogen-bond acceptors (Lipinski definition) is 3. The van der Waals surface area contributed by atoms with Crippen molar-refractivity contribution in [1.29, 1.82) is 0 Å². The lowest BCUT2D eigenvalue weighted by Crippen LogP contribution is -1.43. The zero-order chi connectivity index (χ0) is 5.28. The standard InChI is InChI=1S/C4H4O2S/c5-3-1-2-4(7)6-3/h1-2,5,7H. The minimum atomic E-state index is -0.0926. The van der Waals surface area contributed by atoms with E-state index >= 15 is 0 Å². The molecule has 1 N–H and O–H groups in total. The Labute approximate surface area is 46.2 Å². The normalized spacial score (nSPS) is 9.29. The molecule has 2 nitrogen and oxygen atoms in total. The Morgan fingerprint density at radius 3 is 2.43 bits per heavy atom.